The monoisotopic (exact) mass is 306 g/mol. The maximum atomic E-state index is 12.3. The molecule has 23 heavy (non-hydrogen) atoms. The number of para-hydroxylation sites is 1. The van der Waals surface area contributed by atoms with Crippen molar-refractivity contribution in [3.05, 3.63) is 64.8 Å². The molecular formula is C19H18N2O2. The van der Waals surface area contributed by atoms with Crippen LogP contribution in [0, 0.1) is 6.92 Å². The Morgan fingerprint density at radius 3 is 2.70 bits per heavy atom. The summed E-state index contributed by atoms with van der Waals surface area (Å²) in [4.78, 5) is 17.7. The number of cyclic esters (lactones) is 1. The molecule has 0 radical (unpaired) electrons. The highest BCUT2D eigenvalue weighted by Gasteiger charge is 2.35. The molecule has 116 valence electrons. The lowest BCUT2D eigenvalue weighted by atomic mass is 9.96. The molecule has 3 aromatic rings. The summed E-state index contributed by atoms with van der Waals surface area (Å²) in [6.07, 6.45) is -0.343. The number of aryl methyl sites for hydroxylation is 1. The molecule has 1 aliphatic heterocycles. The number of nitrogens with one attached hydrogen (secondary N) is 1. The van der Waals surface area contributed by atoms with Gasteiger partial charge in [0.2, 0.25) is 0 Å². The first-order valence-electron chi connectivity index (χ1n) is 7.65. The fourth-order valence-corrected chi connectivity index (χ4v) is 3.31. The highest BCUT2D eigenvalue weighted by Crippen LogP contribution is 2.41. The minimum Gasteiger partial charge on any atom is -0.449 e. The average molecular weight is 306 g/mol. The van der Waals surface area contributed by atoms with Gasteiger partial charge in [0.1, 0.15) is 0 Å². The molecule has 1 atom stereocenters. The molecule has 4 nitrogen and oxygen atoms in total. The van der Waals surface area contributed by atoms with E-state index in [9.17, 15) is 4.79 Å². The zero-order valence-corrected chi connectivity index (χ0v) is 13.4. The van der Waals surface area contributed by atoms with Crippen LogP contribution in [0.5, 0.6) is 0 Å². The lowest BCUT2D eigenvalue weighted by molar-refractivity contribution is 0.0457. The van der Waals surface area contributed by atoms with E-state index in [4.69, 9.17) is 4.74 Å². The number of benzene rings is 2. The van der Waals surface area contributed by atoms with E-state index in [0.29, 0.717) is 5.56 Å². The van der Waals surface area contributed by atoms with E-state index in [1.54, 1.807) is 0 Å². The molecule has 1 unspecified atom stereocenters. The molecule has 4 rings (SSSR count). The number of rotatable bonds is 2. The molecule has 1 aliphatic rings. The number of H-pyrrole nitrogens is 1. The van der Waals surface area contributed by atoms with Crippen molar-refractivity contribution in [1.29, 1.82) is 0 Å². The number of carbonyl (C=O) groups excluding carboxylic acids is 1. The van der Waals surface area contributed by atoms with Gasteiger partial charge in [0.05, 0.1) is 5.56 Å². The van der Waals surface area contributed by atoms with E-state index in [1.165, 1.54) is 0 Å². The predicted molar refractivity (Wildman–Crippen MR) is 91.1 cm³/mol. The fraction of sp³-hybridized carbons (Fsp3) is 0.211. The Labute approximate surface area is 134 Å². The standard InChI is InChI=1S/C19H18N2O2/c1-11-17(14-6-4-5-7-16(14)20-11)18-13-9-8-12(21(2)3)10-15(13)19(22)23-18/h4-10,18,20H,1-3H3. The minimum absolute atomic E-state index is 0.251. The van der Waals surface area contributed by atoms with Crippen LogP contribution in [-0.2, 0) is 4.74 Å². The predicted octanol–water partition coefficient (Wildman–Crippen LogP) is 3.80. The third-order valence-electron chi connectivity index (χ3n) is 4.49. The summed E-state index contributed by atoms with van der Waals surface area (Å²) in [6, 6.07) is 14.0. The number of ether oxygens (including phenoxy) is 1. The van der Waals surface area contributed by atoms with Crippen LogP contribution in [0.4, 0.5) is 5.69 Å². The summed E-state index contributed by atoms with van der Waals surface area (Å²) in [7, 11) is 3.92. The highest BCUT2D eigenvalue weighted by molar-refractivity contribution is 5.97. The van der Waals surface area contributed by atoms with Gasteiger partial charge in [-0.25, -0.2) is 4.79 Å². The van der Waals surface area contributed by atoms with Crippen LogP contribution in [0.25, 0.3) is 10.9 Å². The largest absolute Gasteiger partial charge is 0.449 e. The van der Waals surface area contributed by atoms with E-state index < -0.39 is 0 Å². The Balaban J connectivity index is 1.89. The summed E-state index contributed by atoms with van der Waals surface area (Å²) in [5.74, 6) is -0.251. The molecule has 0 bridgehead atoms. The smallest absolute Gasteiger partial charge is 0.339 e. The van der Waals surface area contributed by atoms with Crippen molar-refractivity contribution in [3.63, 3.8) is 0 Å². The van der Waals surface area contributed by atoms with Gasteiger partial charge in [0.15, 0.2) is 6.10 Å². The number of nitrogens with zero attached hydrogens (tertiary/aromatic N) is 1. The Bertz CT molecular complexity index is 924. The van der Waals surface area contributed by atoms with Gasteiger partial charge >= 0.3 is 5.97 Å². The van der Waals surface area contributed by atoms with Gasteiger partial charge in [-0.3, -0.25) is 0 Å². The molecule has 0 amide bonds. The average Bonchev–Trinajstić information content (AvgIpc) is 3.03. The van der Waals surface area contributed by atoms with E-state index >= 15 is 0 Å². The van der Waals surface area contributed by atoms with Crippen molar-refractivity contribution in [3.8, 4) is 0 Å². The van der Waals surface area contributed by atoms with Crippen LogP contribution in [0.1, 0.15) is 33.3 Å². The number of hydrogen-bond donors (Lipinski definition) is 1. The van der Waals surface area contributed by atoms with Gasteiger partial charge in [0.25, 0.3) is 0 Å². The lowest BCUT2D eigenvalue weighted by Gasteiger charge is -2.14. The van der Waals surface area contributed by atoms with Gasteiger partial charge in [0, 0.05) is 47.5 Å². The van der Waals surface area contributed by atoms with Crippen molar-refractivity contribution in [1.82, 2.24) is 4.98 Å². The van der Waals surface area contributed by atoms with Crippen molar-refractivity contribution >= 4 is 22.6 Å². The molecule has 0 saturated carbocycles. The number of hydrogen-bond acceptors (Lipinski definition) is 3. The minimum atomic E-state index is -0.343. The van der Waals surface area contributed by atoms with E-state index in [-0.39, 0.29) is 12.1 Å². The van der Waals surface area contributed by atoms with Crippen molar-refractivity contribution < 1.29 is 9.53 Å². The Kier molecular flexibility index (Phi) is 2.94. The second-order valence-electron chi connectivity index (χ2n) is 6.16. The maximum absolute atomic E-state index is 12.3. The van der Waals surface area contributed by atoms with Crippen LogP contribution in [-0.4, -0.2) is 25.0 Å². The molecule has 0 fully saturated rings. The first-order valence-corrected chi connectivity index (χ1v) is 7.65. The second-order valence-corrected chi connectivity index (χ2v) is 6.16. The molecule has 4 heteroatoms. The summed E-state index contributed by atoms with van der Waals surface area (Å²) in [6.45, 7) is 2.02. The van der Waals surface area contributed by atoms with Gasteiger partial charge in [-0.15, -0.1) is 0 Å². The van der Waals surface area contributed by atoms with Crippen LogP contribution in [0.2, 0.25) is 0 Å². The molecule has 2 heterocycles. The normalized spacial score (nSPS) is 16.5. The number of esters is 1. The molecule has 1 N–H and O–H groups in total. The zero-order chi connectivity index (χ0) is 16.1. The summed E-state index contributed by atoms with van der Waals surface area (Å²) in [5.41, 5.74) is 5.74. The van der Waals surface area contributed by atoms with Crippen LogP contribution < -0.4 is 4.90 Å². The van der Waals surface area contributed by atoms with Gasteiger partial charge in [-0.1, -0.05) is 24.3 Å². The number of aromatic nitrogens is 1. The van der Waals surface area contributed by atoms with E-state index in [0.717, 1.165) is 33.4 Å². The molecule has 2 aromatic carbocycles. The number of fused-ring (bicyclic) bond motifs is 2. The maximum Gasteiger partial charge on any atom is 0.339 e. The van der Waals surface area contributed by atoms with Gasteiger partial charge < -0.3 is 14.6 Å². The molecule has 0 spiro atoms. The summed E-state index contributed by atoms with van der Waals surface area (Å²) in [5, 5.41) is 1.10. The first kappa shape index (κ1) is 13.9. The third-order valence-corrected chi connectivity index (χ3v) is 4.49. The number of carbonyl (C=O) groups is 1. The van der Waals surface area contributed by atoms with E-state index in [1.807, 2.05) is 62.3 Å². The van der Waals surface area contributed by atoms with Crippen molar-refractivity contribution in [2.75, 3.05) is 19.0 Å². The quantitative estimate of drug-likeness (QED) is 0.732. The van der Waals surface area contributed by atoms with Crippen LogP contribution in [0.15, 0.2) is 42.5 Å². The lowest BCUT2D eigenvalue weighted by Crippen LogP contribution is -2.09. The Morgan fingerprint density at radius 1 is 1.13 bits per heavy atom. The van der Waals surface area contributed by atoms with Crippen LogP contribution in [0.3, 0.4) is 0 Å². The Hall–Kier alpha value is -2.75. The first-order chi connectivity index (χ1) is 11.1. The third kappa shape index (κ3) is 2.02. The zero-order valence-electron chi connectivity index (χ0n) is 13.4. The number of aromatic amines is 1. The van der Waals surface area contributed by atoms with Gasteiger partial charge in [-0.2, -0.15) is 0 Å². The Morgan fingerprint density at radius 2 is 1.91 bits per heavy atom. The van der Waals surface area contributed by atoms with Gasteiger partial charge in [-0.05, 0) is 25.1 Å². The molecule has 1 aromatic heterocycles. The second kappa shape index (κ2) is 4.88. The highest BCUT2D eigenvalue weighted by atomic mass is 16.5. The molecule has 0 saturated heterocycles. The topological polar surface area (TPSA) is 45.3 Å². The SMILES string of the molecule is Cc1[nH]c2ccccc2c1C1OC(=O)c2cc(N(C)C)ccc21. The van der Waals surface area contributed by atoms with Crippen molar-refractivity contribution in [2.45, 2.75) is 13.0 Å². The summed E-state index contributed by atoms with van der Waals surface area (Å²) < 4.78 is 5.72. The van der Waals surface area contributed by atoms with Crippen LogP contribution >= 0.6 is 0 Å². The molecule has 0 aliphatic carbocycles. The van der Waals surface area contributed by atoms with Crippen molar-refractivity contribution in [2.24, 2.45) is 0 Å². The van der Waals surface area contributed by atoms with E-state index in [2.05, 4.69) is 11.1 Å². The number of anilines is 1. The fourth-order valence-electron chi connectivity index (χ4n) is 3.31. The molecular weight excluding hydrogens is 288 g/mol. The summed E-state index contributed by atoms with van der Waals surface area (Å²) >= 11 is 0.